The number of carbonyl (C=O) groups excluding carboxylic acids is 1. The van der Waals surface area contributed by atoms with Gasteiger partial charge in [0.05, 0.1) is 12.7 Å². The number of methoxy groups -OCH3 is 1. The van der Waals surface area contributed by atoms with Gasteiger partial charge in [0.1, 0.15) is 11.9 Å². The van der Waals surface area contributed by atoms with Crippen LogP contribution in [0.1, 0.15) is 24.1 Å². The van der Waals surface area contributed by atoms with Gasteiger partial charge in [-0.2, -0.15) is 0 Å². The summed E-state index contributed by atoms with van der Waals surface area (Å²) in [4.78, 5) is 17.0. The van der Waals surface area contributed by atoms with E-state index in [4.69, 9.17) is 21.3 Å². The second-order valence-corrected chi connectivity index (χ2v) is 5.89. The van der Waals surface area contributed by atoms with E-state index in [-0.39, 0.29) is 12.4 Å². The van der Waals surface area contributed by atoms with Crippen LogP contribution in [0.25, 0.3) is 0 Å². The van der Waals surface area contributed by atoms with Crippen LogP contribution < -0.4 is 5.32 Å². The number of ether oxygens (including phenoxy) is 1. The first-order valence-corrected chi connectivity index (χ1v) is 7.92. The van der Waals surface area contributed by atoms with Gasteiger partial charge in [-0.05, 0) is 24.6 Å². The summed E-state index contributed by atoms with van der Waals surface area (Å²) in [5.74, 6) is 0.312. The van der Waals surface area contributed by atoms with E-state index in [0.29, 0.717) is 16.4 Å². The molecule has 0 spiro atoms. The Balaban J connectivity index is 0.00000225. The number of nitrogens with one attached hydrogen (secondary N) is 1. The molecule has 0 aliphatic carbocycles. The molecule has 0 saturated heterocycles. The molecule has 25 heavy (non-hydrogen) atoms. The molecule has 6 heteroatoms. The van der Waals surface area contributed by atoms with Crippen molar-refractivity contribution in [1.82, 2.24) is 5.32 Å². The van der Waals surface area contributed by atoms with E-state index in [2.05, 4.69) is 5.32 Å². The quantitative estimate of drug-likeness (QED) is 0.812. The predicted molar refractivity (Wildman–Crippen MR) is 102 cm³/mol. The third kappa shape index (κ3) is 4.03. The van der Waals surface area contributed by atoms with E-state index in [1.807, 2.05) is 55.5 Å². The molecular formula is C19H18Cl2N2O2. The first-order chi connectivity index (χ1) is 11.6. The van der Waals surface area contributed by atoms with Crippen molar-refractivity contribution in [2.24, 2.45) is 4.99 Å². The minimum Gasteiger partial charge on any atom is -0.466 e. The van der Waals surface area contributed by atoms with E-state index in [9.17, 15) is 4.79 Å². The van der Waals surface area contributed by atoms with Gasteiger partial charge in [-0.1, -0.05) is 54.1 Å². The second-order valence-electron chi connectivity index (χ2n) is 5.46. The molecule has 0 amide bonds. The summed E-state index contributed by atoms with van der Waals surface area (Å²) in [7, 11) is 1.37. The van der Waals surface area contributed by atoms with Crippen LogP contribution >= 0.6 is 24.0 Å². The van der Waals surface area contributed by atoms with Crippen molar-refractivity contribution in [2.75, 3.05) is 7.11 Å². The van der Waals surface area contributed by atoms with Crippen LogP contribution in [0.5, 0.6) is 0 Å². The third-order valence-electron chi connectivity index (χ3n) is 3.86. The van der Waals surface area contributed by atoms with E-state index in [1.54, 1.807) is 6.07 Å². The van der Waals surface area contributed by atoms with Gasteiger partial charge in [0.15, 0.2) is 0 Å². The van der Waals surface area contributed by atoms with Gasteiger partial charge in [-0.3, -0.25) is 4.99 Å². The number of esters is 1. The van der Waals surface area contributed by atoms with Gasteiger partial charge in [0, 0.05) is 16.3 Å². The smallest absolute Gasteiger partial charge is 0.338 e. The summed E-state index contributed by atoms with van der Waals surface area (Å²) in [6.07, 6.45) is 0. The van der Waals surface area contributed by atoms with E-state index >= 15 is 0 Å². The molecule has 0 fully saturated rings. The molecule has 3 rings (SSSR count). The SMILES string of the molecule is COC(=O)C1=C(C)NC(c2ccccc2)=NC1c1cccc(Cl)c1.Cl. The number of aliphatic imine (C=N–C) groups is 1. The van der Waals surface area contributed by atoms with Crippen LogP contribution in [0.3, 0.4) is 0 Å². The molecule has 1 aliphatic rings. The van der Waals surface area contributed by atoms with Crippen molar-refractivity contribution in [3.8, 4) is 0 Å². The van der Waals surface area contributed by atoms with Crippen molar-refractivity contribution in [3.05, 3.63) is 82.0 Å². The zero-order valence-electron chi connectivity index (χ0n) is 13.8. The highest BCUT2D eigenvalue weighted by Crippen LogP contribution is 2.33. The standard InChI is InChI=1S/C19H17ClN2O2.ClH/c1-12-16(19(23)24-2)17(14-9-6-10-15(20)11-14)22-18(21-12)13-7-4-3-5-8-13;/h3-11,17H,1-2H3,(H,21,22);1H. The number of nitrogens with zero attached hydrogens (tertiary/aromatic N) is 1. The summed E-state index contributed by atoms with van der Waals surface area (Å²) in [6, 6.07) is 16.7. The maximum Gasteiger partial charge on any atom is 0.338 e. The fourth-order valence-electron chi connectivity index (χ4n) is 2.71. The Hall–Kier alpha value is -2.30. The number of halogens is 2. The lowest BCUT2D eigenvalue weighted by molar-refractivity contribution is -0.136. The van der Waals surface area contributed by atoms with Gasteiger partial charge in [0.25, 0.3) is 0 Å². The Labute approximate surface area is 158 Å². The molecule has 1 aliphatic heterocycles. The normalized spacial score (nSPS) is 16.4. The highest BCUT2D eigenvalue weighted by molar-refractivity contribution is 6.30. The summed E-state index contributed by atoms with van der Waals surface area (Å²) < 4.78 is 4.94. The number of rotatable bonds is 3. The first kappa shape index (κ1) is 19.0. The van der Waals surface area contributed by atoms with Gasteiger partial charge >= 0.3 is 5.97 Å². The number of allylic oxidation sites excluding steroid dienone is 1. The number of hydrogen-bond donors (Lipinski definition) is 1. The number of amidine groups is 1. The average molecular weight is 377 g/mol. The number of carbonyl (C=O) groups is 1. The highest BCUT2D eigenvalue weighted by atomic mass is 35.5. The lowest BCUT2D eigenvalue weighted by Crippen LogP contribution is -2.32. The molecule has 1 unspecified atom stereocenters. The van der Waals surface area contributed by atoms with Crippen molar-refractivity contribution in [2.45, 2.75) is 13.0 Å². The Bertz CT molecular complexity index is 832. The molecule has 0 bridgehead atoms. The Morgan fingerprint density at radius 2 is 1.88 bits per heavy atom. The van der Waals surface area contributed by atoms with Crippen LogP contribution in [-0.2, 0) is 9.53 Å². The molecule has 0 saturated carbocycles. The monoisotopic (exact) mass is 376 g/mol. The minimum absolute atomic E-state index is 0. The molecule has 1 N–H and O–H groups in total. The fraction of sp³-hybridized carbons (Fsp3) is 0.158. The van der Waals surface area contributed by atoms with Crippen molar-refractivity contribution < 1.29 is 9.53 Å². The maximum atomic E-state index is 12.3. The van der Waals surface area contributed by atoms with Crippen LogP contribution in [0.15, 0.2) is 70.9 Å². The third-order valence-corrected chi connectivity index (χ3v) is 4.09. The molecule has 0 aromatic heterocycles. The summed E-state index contributed by atoms with van der Waals surface area (Å²) in [5, 5.41) is 3.81. The van der Waals surface area contributed by atoms with E-state index in [0.717, 1.165) is 16.8 Å². The molecule has 130 valence electrons. The zero-order valence-corrected chi connectivity index (χ0v) is 15.4. The van der Waals surface area contributed by atoms with Crippen LogP contribution in [-0.4, -0.2) is 18.9 Å². The largest absolute Gasteiger partial charge is 0.466 e. The Morgan fingerprint density at radius 3 is 2.52 bits per heavy atom. The van der Waals surface area contributed by atoms with Gasteiger partial charge in [-0.15, -0.1) is 12.4 Å². The molecular weight excluding hydrogens is 359 g/mol. The maximum absolute atomic E-state index is 12.3. The van der Waals surface area contributed by atoms with Crippen LogP contribution in [0.2, 0.25) is 5.02 Å². The second kappa shape index (κ2) is 8.19. The average Bonchev–Trinajstić information content (AvgIpc) is 2.61. The Kier molecular flexibility index (Phi) is 6.23. The lowest BCUT2D eigenvalue weighted by atomic mass is 9.95. The first-order valence-electron chi connectivity index (χ1n) is 7.55. The molecule has 2 aromatic carbocycles. The van der Waals surface area contributed by atoms with Gasteiger partial charge < -0.3 is 10.1 Å². The molecule has 4 nitrogen and oxygen atoms in total. The summed E-state index contributed by atoms with van der Waals surface area (Å²) in [5.41, 5.74) is 3.00. The molecule has 0 radical (unpaired) electrons. The molecule has 1 atom stereocenters. The van der Waals surface area contributed by atoms with Crippen molar-refractivity contribution in [1.29, 1.82) is 0 Å². The van der Waals surface area contributed by atoms with Gasteiger partial charge in [-0.25, -0.2) is 4.79 Å². The fourth-order valence-corrected chi connectivity index (χ4v) is 2.91. The zero-order chi connectivity index (χ0) is 17.1. The molecule has 1 heterocycles. The highest BCUT2D eigenvalue weighted by Gasteiger charge is 2.30. The number of hydrogen-bond acceptors (Lipinski definition) is 4. The summed E-state index contributed by atoms with van der Waals surface area (Å²) in [6.45, 7) is 1.85. The Morgan fingerprint density at radius 1 is 1.16 bits per heavy atom. The van der Waals surface area contributed by atoms with Crippen molar-refractivity contribution >= 4 is 35.8 Å². The predicted octanol–water partition coefficient (Wildman–Crippen LogP) is 4.30. The lowest BCUT2D eigenvalue weighted by Gasteiger charge is -2.26. The topological polar surface area (TPSA) is 50.7 Å². The van der Waals surface area contributed by atoms with Crippen LogP contribution in [0.4, 0.5) is 0 Å². The van der Waals surface area contributed by atoms with Crippen LogP contribution in [0, 0.1) is 0 Å². The summed E-state index contributed by atoms with van der Waals surface area (Å²) >= 11 is 6.12. The van der Waals surface area contributed by atoms with E-state index < -0.39 is 12.0 Å². The van der Waals surface area contributed by atoms with Crippen molar-refractivity contribution in [3.63, 3.8) is 0 Å². The van der Waals surface area contributed by atoms with Gasteiger partial charge in [0.2, 0.25) is 0 Å². The number of benzene rings is 2. The molecule has 2 aromatic rings. The minimum atomic E-state index is -0.465. The van der Waals surface area contributed by atoms with E-state index in [1.165, 1.54) is 7.11 Å².